The maximum absolute atomic E-state index is 12.2. The summed E-state index contributed by atoms with van der Waals surface area (Å²) in [6, 6.07) is 10.9. The molecule has 2 aromatic rings. The Labute approximate surface area is 131 Å². The lowest BCUT2D eigenvalue weighted by Crippen LogP contribution is -2.33. The average molecular weight is 301 g/mol. The Morgan fingerprint density at radius 3 is 2.41 bits per heavy atom. The summed E-state index contributed by atoms with van der Waals surface area (Å²) in [5.74, 6) is 0.830. The van der Waals surface area contributed by atoms with Crippen LogP contribution in [-0.2, 0) is 0 Å². The van der Waals surface area contributed by atoms with Crippen molar-refractivity contribution in [2.24, 2.45) is 0 Å². The third-order valence-electron chi connectivity index (χ3n) is 3.67. The minimum absolute atomic E-state index is 0.130. The third-order valence-corrected chi connectivity index (χ3v) is 3.67. The first-order valence-corrected chi connectivity index (χ1v) is 7.59. The maximum atomic E-state index is 12.2. The van der Waals surface area contributed by atoms with Gasteiger partial charge in [-0.1, -0.05) is 26.0 Å². The van der Waals surface area contributed by atoms with Crippen LogP contribution in [0.25, 0.3) is 0 Å². The molecule has 0 aliphatic rings. The summed E-state index contributed by atoms with van der Waals surface area (Å²) >= 11 is 0. The standard InChI is InChI=1S/C18H23NO3/c1-12(2)14-6-8-15(9-7-14)18(21)19-13(3)11-16(20)17-5-4-10-22-17/h4-10,12-13,16,20H,11H2,1-3H3,(H,19,21). The molecule has 0 bridgehead atoms. The highest BCUT2D eigenvalue weighted by molar-refractivity contribution is 5.94. The van der Waals surface area contributed by atoms with Crippen molar-refractivity contribution < 1.29 is 14.3 Å². The van der Waals surface area contributed by atoms with Crippen molar-refractivity contribution in [1.29, 1.82) is 0 Å². The summed E-state index contributed by atoms with van der Waals surface area (Å²) < 4.78 is 5.16. The molecule has 0 saturated carbocycles. The Kier molecular flexibility index (Phi) is 5.39. The SMILES string of the molecule is CC(CC(O)c1ccco1)NC(=O)c1ccc(C(C)C)cc1. The summed E-state index contributed by atoms with van der Waals surface area (Å²) in [6.07, 6.45) is 1.22. The second-order valence-electron chi connectivity index (χ2n) is 5.92. The van der Waals surface area contributed by atoms with Gasteiger partial charge in [0.15, 0.2) is 0 Å². The zero-order chi connectivity index (χ0) is 16.1. The van der Waals surface area contributed by atoms with Crippen LogP contribution in [0.4, 0.5) is 0 Å². The van der Waals surface area contributed by atoms with Gasteiger partial charge in [0.05, 0.1) is 6.26 Å². The van der Waals surface area contributed by atoms with Crippen LogP contribution in [0.3, 0.4) is 0 Å². The minimum atomic E-state index is -0.714. The lowest BCUT2D eigenvalue weighted by molar-refractivity contribution is 0.0903. The minimum Gasteiger partial charge on any atom is -0.467 e. The number of furan rings is 1. The number of rotatable bonds is 6. The molecule has 0 spiro atoms. The molecule has 0 aliphatic heterocycles. The molecule has 1 amide bonds. The number of amides is 1. The number of hydrogen-bond donors (Lipinski definition) is 2. The number of aliphatic hydroxyl groups excluding tert-OH is 1. The zero-order valence-electron chi connectivity index (χ0n) is 13.2. The largest absolute Gasteiger partial charge is 0.467 e. The van der Waals surface area contributed by atoms with Gasteiger partial charge in [0, 0.05) is 18.0 Å². The molecule has 118 valence electrons. The lowest BCUT2D eigenvalue weighted by Gasteiger charge is -2.17. The molecule has 4 nitrogen and oxygen atoms in total. The number of hydrogen-bond acceptors (Lipinski definition) is 3. The van der Waals surface area contributed by atoms with Gasteiger partial charge < -0.3 is 14.8 Å². The van der Waals surface area contributed by atoms with Crippen LogP contribution in [0.2, 0.25) is 0 Å². The van der Waals surface area contributed by atoms with E-state index in [9.17, 15) is 9.90 Å². The van der Waals surface area contributed by atoms with Crippen LogP contribution in [0.1, 0.15) is 60.9 Å². The molecular weight excluding hydrogens is 278 g/mol. The first-order chi connectivity index (χ1) is 10.5. The Hall–Kier alpha value is -2.07. The van der Waals surface area contributed by atoms with Crippen LogP contribution in [0.5, 0.6) is 0 Å². The summed E-state index contributed by atoms with van der Waals surface area (Å²) in [5.41, 5.74) is 1.83. The zero-order valence-corrected chi connectivity index (χ0v) is 13.2. The van der Waals surface area contributed by atoms with Gasteiger partial charge >= 0.3 is 0 Å². The quantitative estimate of drug-likeness (QED) is 0.856. The fraction of sp³-hybridized carbons (Fsp3) is 0.389. The highest BCUT2D eigenvalue weighted by atomic mass is 16.4. The molecule has 0 radical (unpaired) electrons. The molecule has 1 aromatic carbocycles. The topological polar surface area (TPSA) is 62.5 Å². The van der Waals surface area contributed by atoms with E-state index in [4.69, 9.17) is 4.42 Å². The summed E-state index contributed by atoms with van der Waals surface area (Å²) in [7, 11) is 0. The van der Waals surface area contributed by atoms with Gasteiger partial charge in [-0.2, -0.15) is 0 Å². The predicted octanol–water partition coefficient (Wildman–Crippen LogP) is 3.65. The molecule has 2 rings (SSSR count). The van der Waals surface area contributed by atoms with Crippen molar-refractivity contribution in [1.82, 2.24) is 5.32 Å². The summed E-state index contributed by atoms with van der Waals surface area (Å²) in [5, 5.41) is 12.9. The van der Waals surface area contributed by atoms with E-state index in [2.05, 4.69) is 19.2 Å². The van der Waals surface area contributed by atoms with E-state index in [1.165, 1.54) is 11.8 Å². The number of carbonyl (C=O) groups is 1. The van der Waals surface area contributed by atoms with Crippen molar-refractivity contribution in [3.63, 3.8) is 0 Å². The molecule has 0 aliphatic carbocycles. The summed E-state index contributed by atoms with van der Waals surface area (Å²) in [6.45, 7) is 6.10. The molecule has 0 saturated heterocycles. The summed E-state index contributed by atoms with van der Waals surface area (Å²) in [4.78, 5) is 12.2. The first-order valence-electron chi connectivity index (χ1n) is 7.59. The fourth-order valence-corrected chi connectivity index (χ4v) is 2.32. The lowest BCUT2D eigenvalue weighted by atomic mass is 10.0. The van der Waals surface area contributed by atoms with E-state index in [1.54, 1.807) is 12.1 Å². The van der Waals surface area contributed by atoms with E-state index < -0.39 is 6.10 Å². The smallest absolute Gasteiger partial charge is 0.251 e. The van der Waals surface area contributed by atoms with Gasteiger partial charge in [0.25, 0.3) is 5.91 Å². The van der Waals surface area contributed by atoms with Gasteiger partial charge in [-0.15, -0.1) is 0 Å². The second kappa shape index (κ2) is 7.27. The van der Waals surface area contributed by atoms with Crippen LogP contribution < -0.4 is 5.32 Å². The van der Waals surface area contributed by atoms with Gasteiger partial charge in [0.2, 0.25) is 0 Å². The molecule has 1 aromatic heterocycles. The highest BCUT2D eigenvalue weighted by Crippen LogP contribution is 2.19. The predicted molar refractivity (Wildman–Crippen MR) is 85.7 cm³/mol. The maximum Gasteiger partial charge on any atom is 0.251 e. The Balaban J connectivity index is 1.90. The second-order valence-corrected chi connectivity index (χ2v) is 5.92. The first kappa shape index (κ1) is 16.3. The number of carbonyl (C=O) groups excluding carboxylic acids is 1. The average Bonchev–Trinajstić information content (AvgIpc) is 3.01. The number of aliphatic hydroxyl groups is 1. The highest BCUT2D eigenvalue weighted by Gasteiger charge is 2.17. The molecule has 2 N–H and O–H groups in total. The molecule has 4 heteroatoms. The Morgan fingerprint density at radius 1 is 1.18 bits per heavy atom. The Morgan fingerprint density at radius 2 is 1.86 bits per heavy atom. The Bertz CT molecular complexity index is 587. The third kappa shape index (κ3) is 4.21. The van der Waals surface area contributed by atoms with Crippen LogP contribution in [0.15, 0.2) is 47.1 Å². The van der Waals surface area contributed by atoms with Crippen molar-refractivity contribution in [2.45, 2.75) is 45.3 Å². The molecule has 0 fully saturated rings. The van der Waals surface area contributed by atoms with Crippen LogP contribution >= 0.6 is 0 Å². The van der Waals surface area contributed by atoms with E-state index in [0.29, 0.717) is 23.7 Å². The molecular formula is C18H23NO3. The monoisotopic (exact) mass is 301 g/mol. The van der Waals surface area contributed by atoms with Crippen molar-refractivity contribution in [2.75, 3.05) is 0 Å². The van der Waals surface area contributed by atoms with E-state index in [1.807, 2.05) is 31.2 Å². The molecule has 22 heavy (non-hydrogen) atoms. The molecule has 2 atom stereocenters. The van der Waals surface area contributed by atoms with E-state index >= 15 is 0 Å². The van der Waals surface area contributed by atoms with Gasteiger partial charge in [-0.05, 0) is 42.7 Å². The van der Waals surface area contributed by atoms with Gasteiger partial charge in [0.1, 0.15) is 11.9 Å². The number of nitrogens with one attached hydrogen (secondary N) is 1. The van der Waals surface area contributed by atoms with E-state index in [0.717, 1.165) is 0 Å². The normalized spacial score (nSPS) is 13.9. The fourth-order valence-electron chi connectivity index (χ4n) is 2.32. The van der Waals surface area contributed by atoms with Crippen molar-refractivity contribution >= 4 is 5.91 Å². The van der Waals surface area contributed by atoms with E-state index in [-0.39, 0.29) is 11.9 Å². The molecule has 1 heterocycles. The van der Waals surface area contributed by atoms with Crippen LogP contribution in [0, 0.1) is 0 Å². The van der Waals surface area contributed by atoms with Crippen LogP contribution in [-0.4, -0.2) is 17.1 Å². The molecule has 2 unspecified atom stereocenters. The van der Waals surface area contributed by atoms with Crippen molar-refractivity contribution in [3.8, 4) is 0 Å². The van der Waals surface area contributed by atoms with Gasteiger partial charge in [-0.25, -0.2) is 0 Å². The number of benzene rings is 1. The van der Waals surface area contributed by atoms with Crippen molar-refractivity contribution in [3.05, 3.63) is 59.5 Å². The van der Waals surface area contributed by atoms with Gasteiger partial charge in [-0.3, -0.25) is 4.79 Å².